The summed E-state index contributed by atoms with van der Waals surface area (Å²) in [4.78, 5) is 18.6. The van der Waals surface area contributed by atoms with E-state index in [0.29, 0.717) is 11.6 Å². The number of aryl methyl sites for hydroxylation is 1. The monoisotopic (exact) mass is 270 g/mol. The highest BCUT2D eigenvalue weighted by Gasteiger charge is 2.27. The molecule has 1 fully saturated rings. The first-order chi connectivity index (χ1) is 9.65. The van der Waals surface area contributed by atoms with Crippen molar-refractivity contribution in [1.82, 2.24) is 19.7 Å². The smallest absolute Gasteiger partial charge is 0.354 e. The van der Waals surface area contributed by atoms with Gasteiger partial charge in [0, 0.05) is 12.6 Å². The molecule has 1 N–H and O–H groups in total. The van der Waals surface area contributed by atoms with E-state index >= 15 is 0 Å². The summed E-state index contributed by atoms with van der Waals surface area (Å²) in [5.41, 5.74) is 2.85. The van der Waals surface area contributed by atoms with E-state index in [1.165, 1.54) is 30.8 Å². The van der Waals surface area contributed by atoms with Crippen LogP contribution in [0.1, 0.15) is 46.2 Å². The lowest BCUT2D eigenvalue weighted by molar-refractivity contribution is 0.0690. The van der Waals surface area contributed by atoms with Gasteiger partial charge >= 0.3 is 5.97 Å². The second-order valence-electron chi connectivity index (χ2n) is 4.85. The molecule has 2 heterocycles. The van der Waals surface area contributed by atoms with Crippen molar-refractivity contribution in [1.29, 1.82) is 0 Å². The highest BCUT2D eigenvalue weighted by Crippen LogP contribution is 2.41. The minimum atomic E-state index is -1.05. The van der Waals surface area contributed by atoms with Crippen LogP contribution >= 0.6 is 0 Å². The number of rotatable bonds is 4. The average molecular weight is 270 g/mol. The zero-order valence-electron chi connectivity index (χ0n) is 11.0. The first-order valence-electron chi connectivity index (χ1n) is 6.40. The van der Waals surface area contributed by atoms with Crippen LogP contribution in [-0.4, -0.2) is 30.8 Å². The normalized spacial score (nSPS) is 14.8. The number of aromatic nitrogens is 4. The molecule has 1 aliphatic rings. The number of aromatic carboxylic acids is 1. The molecule has 2 aromatic heterocycles. The molecule has 3 rings (SSSR count). The zero-order chi connectivity index (χ0) is 14.1. The first kappa shape index (κ1) is 12.5. The van der Waals surface area contributed by atoms with Gasteiger partial charge in [0.05, 0.1) is 17.6 Å². The van der Waals surface area contributed by atoms with Crippen molar-refractivity contribution in [2.24, 2.45) is 7.05 Å². The van der Waals surface area contributed by atoms with Gasteiger partial charge in [-0.1, -0.05) is 0 Å². The van der Waals surface area contributed by atoms with Crippen LogP contribution in [0, 0.1) is 0 Å². The maximum atomic E-state index is 10.9. The van der Waals surface area contributed by atoms with Crippen molar-refractivity contribution < 1.29 is 9.90 Å². The molecule has 0 spiro atoms. The van der Waals surface area contributed by atoms with Crippen LogP contribution in [0.4, 0.5) is 0 Å². The Morgan fingerprint density at radius 2 is 2.20 bits per heavy atom. The molecule has 0 radical (unpaired) electrons. The van der Waals surface area contributed by atoms with Crippen LogP contribution in [0.3, 0.4) is 0 Å². The molecule has 0 saturated heterocycles. The molecule has 0 amide bonds. The van der Waals surface area contributed by atoms with E-state index in [9.17, 15) is 4.79 Å². The Labute approximate surface area is 115 Å². The molecule has 6 nitrogen and oxygen atoms in total. The van der Waals surface area contributed by atoms with Crippen LogP contribution in [-0.2, 0) is 7.05 Å². The summed E-state index contributed by atoms with van der Waals surface area (Å²) in [6, 6.07) is 1.45. The third-order valence-corrected chi connectivity index (χ3v) is 3.35. The van der Waals surface area contributed by atoms with Crippen molar-refractivity contribution in [2.75, 3.05) is 0 Å². The van der Waals surface area contributed by atoms with Crippen LogP contribution in [0.5, 0.6) is 0 Å². The van der Waals surface area contributed by atoms with Gasteiger partial charge in [0.25, 0.3) is 0 Å². The van der Waals surface area contributed by atoms with Crippen molar-refractivity contribution >= 4 is 18.1 Å². The van der Waals surface area contributed by atoms with Crippen molar-refractivity contribution in [3.63, 3.8) is 0 Å². The fourth-order valence-corrected chi connectivity index (χ4v) is 2.12. The number of carboxylic acid groups (broad SMARTS) is 1. The second kappa shape index (κ2) is 4.88. The van der Waals surface area contributed by atoms with Gasteiger partial charge in [-0.05, 0) is 37.0 Å². The van der Waals surface area contributed by atoms with E-state index in [1.54, 1.807) is 6.08 Å². The van der Waals surface area contributed by atoms with E-state index in [2.05, 4.69) is 15.1 Å². The molecular formula is C14H14N4O2. The summed E-state index contributed by atoms with van der Waals surface area (Å²) >= 11 is 0. The Balaban J connectivity index is 1.89. The lowest BCUT2D eigenvalue weighted by Crippen LogP contribution is -2.01. The Hall–Kier alpha value is -2.50. The average Bonchev–Trinajstić information content (AvgIpc) is 3.21. The van der Waals surface area contributed by atoms with Crippen molar-refractivity contribution in [2.45, 2.75) is 18.8 Å². The Morgan fingerprint density at radius 1 is 1.40 bits per heavy atom. The van der Waals surface area contributed by atoms with E-state index in [1.807, 2.05) is 24.0 Å². The van der Waals surface area contributed by atoms with Gasteiger partial charge in [0.1, 0.15) is 6.33 Å². The molecule has 2 aromatic rings. The van der Waals surface area contributed by atoms with Crippen LogP contribution in [0.2, 0.25) is 0 Å². The van der Waals surface area contributed by atoms with Gasteiger partial charge in [-0.2, -0.15) is 5.10 Å². The second-order valence-corrected chi connectivity index (χ2v) is 4.85. The number of carboxylic acids is 1. The molecule has 0 aromatic carbocycles. The third kappa shape index (κ3) is 2.45. The molecule has 102 valence electrons. The molecule has 0 aliphatic heterocycles. The molecule has 0 unspecified atom stereocenters. The fraction of sp³-hybridized carbons (Fsp3) is 0.286. The molecule has 6 heteroatoms. The summed E-state index contributed by atoms with van der Waals surface area (Å²) in [5.74, 6) is -0.440. The minimum Gasteiger partial charge on any atom is -0.477 e. The quantitative estimate of drug-likeness (QED) is 0.918. The van der Waals surface area contributed by atoms with Crippen LogP contribution in [0.15, 0.2) is 18.6 Å². The standard InChI is InChI=1S/C14H14N4O2/c1-18-13(11(7-17-18)9-2-3-9)5-4-10-6-12(14(19)20)16-8-15-10/h4-9H,2-3H2,1H3,(H,19,20)/b5-4+. The predicted molar refractivity (Wildman–Crippen MR) is 73.1 cm³/mol. The summed E-state index contributed by atoms with van der Waals surface area (Å²) < 4.78 is 1.82. The summed E-state index contributed by atoms with van der Waals surface area (Å²) in [6.45, 7) is 0. The Morgan fingerprint density at radius 3 is 2.90 bits per heavy atom. The molecule has 1 saturated carbocycles. The number of hydrogen-bond donors (Lipinski definition) is 1. The van der Waals surface area contributed by atoms with Gasteiger partial charge in [-0.3, -0.25) is 4.68 Å². The highest BCUT2D eigenvalue weighted by molar-refractivity contribution is 5.86. The third-order valence-electron chi connectivity index (χ3n) is 3.35. The van der Waals surface area contributed by atoms with E-state index in [0.717, 1.165) is 5.69 Å². The molecule has 0 bridgehead atoms. The van der Waals surface area contributed by atoms with E-state index in [4.69, 9.17) is 5.11 Å². The van der Waals surface area contributed by atoms with Gasteiger partial charge in [-0.25, -0.2) is 14.8 Å². The Kier molecular flexibility index (Phi) is 3.06. The molecule has 20 heavy (non-hydrogen) atoms. The van der Waals surface area contributed by atoms with Gasteiger partial charge < -0.3 is 5.11 Å². The maximum Gasteiger partial charge on any atom is 0.354 e. The number of carbonyl (C=O) groups is 1. The van der Waals surface area contributed by atoms with Crippen LogP contribution < -0.4 is 0 Å². The SMILES string of the molecule is Cn1ncc(C2CC2)c1/C=C/c1cc(C(=O)O)ncn1. The largest absolute Gasteiger partial charge is 0.477 e. The topological polar surface area (TPSA) is 80.9 Å². The Bertz CT molecular complexity index is 686. The van der Waals surface area contributed by atoms with Crippen molar-refractivity contribution in [3.8, 4) is 0 Å². The van der Waals surface area contributed by atoms with Gasteiger partial charge in [-0.15, -0.1) is 0 Å². The lowest BCUT2D eigenvalue weighted by atomic mass is 10.1. The molecule has 0 atom stereocenters. The van der Waals surface area contributed by atoms with Crippen molar-refractivity contribution in [3.05, 3.63) is 41.2 Å². The van der Waals surface area contributed by atoms with Gasteiger partial charge in [0.2, 0.25) is 0 Å². The predicted octanol–water partition coefficient (Wildman–Crippen LogP) is 1.96. The molecular weight excluding hydrogens is 256 g/mol. The molecule has 1 aliphatic carbocycles. The number of hydrogen-bond acceptors (Lipinski definition) is 4. The fourth-order valence-electron chi connectivity index (χ4n) is 2.12. The zero-order valence-corrected chi connectivity index (χ0v) is 11.0. The minimum absolute atomic E-state index is 0.00734. The van der Waals surface area contributed by atoms with Gasteiger partial charge in [0.15, 0.2) is 5.69 Å². The van der Waals surface area contributed by atoms with E-state index in [-0.39, 0.29) is 5.69 Å². The first-order valence-corrected chi connectivity index (χ1v) is 6.40. The lowest BCUT2D eigenvalue weighted by Gasteiger charge is -2.00. The number of nitrogens with zero attached hydrogens (tertiary/aromatic N) is 4. The summed E-state index contributed by atoms with van der Waals surface area (Å²) in [5, 5.41) is 13.2. The highest BCUT2D eigenvalue weighted by atomic mass is 16.4. The van der Waals surface area contributed by atoms with Crippen LogP contribution in [0.25, 0.3) is 12.2 Å². The summed E-state index contributed by atoms with van der Waals surface area (Å²) in [7, 11) is 1.90. The van der Waals surface area contributed by atoms with E-state index < -0.39 is 5.97 Å². The maximum absolute atomic E-state index is 10.9. The summed E-state index contributed by atoms with van der Waals surface area (Å²) in [6.07, 6.45) is 9.30.